The van der Waals surface area contributed by atoms with Crippen LogP contribution in [0.25, 0.3) is 0 Å². The van der Waals surface area contributed by atoms with E-state index in [1.807, 2.05) is 13.8 Å². The highest BCUT2D eigenvalue weighted by Gasteiger charge is 2.22. The van der Waals surface area contributed by atoms with Gasteiger partial charge in [-0.05, 0) is 6.92 Å². The molecule has 1 aliphatic rings. The molecule has 1 aliphatic heterocycles. The van der Waals surface area contributed by atoms with Crippen molar-refractivity contribution in [3.8, 4) is 0 Å². The molecule has 5 heteroatoms. The third-order valence-electron chi connectivity index (χ3n) is 2.77. The van der Waals surface area contributed by atoms with Crippen LogP contribution in [0.1, 0.15) is 33.6 Å². The number of alkyl carbamates (subject to hydrolysis) is 1. The standard InChI is InChI=1S/C12H21NO4/c1-8(2)11(14)9(3)13-12(15)17-10-4-6-16-7-5-10/h8-10H,4-7H2,1-3H3,(H,13,15)/t9-/m1/s1. The third kappa shape index (κ3) is 4.73. The number of rotatable bonds is 4. The summed E-state index contributed by atoms with van der Waals surface area (Å²) in [6.45, 7) is 6.54. The van der Waals surface area contributed by atoms with E-state index >= 15 is 0 Å². The van der Waals surface area contributed by atoms with Crippen LogP contribution in [0.3, 0.4) is 0 Å². The summed E-state index contributed by atoms with van der Waals surface area (Å²) in [5.74, 6) is -0.0812. The van der Waals surface area contributed by atoms with Gasteiger partial charge in [-0.3, -0.25) is 4.79 Å². The molecule has 1 heterocycles. The molecule has 0 unspecified atom stereocenters. The number of carbonyl (C=O) groups excluding carboxylic acids is 2. The predicted octanol–water partition coefficient (Wildman–Crippen LogP) is 1.51. The Labute approximate surface area is 102 Å². The molecule has 0 aliphatic carbocycles. The summed E-state index contributed by atoms with van der Waals surface area (Å²) in [7, 11) is 0. The van der Waals surface area contributed by atoms with Crippen LogP contribution in [0.15, 0.2) is 0 Å². The number of amides is 1. The lowest BCUT2D eigenvalue weighted by Gasteiger charge is -2.23. The van der Waals surface area contributed by atoms with Gasteiger partial charge in [-0.15, -0.1) is 0 Å². The lowest BCUT2D eigenvalue weighted by atomic mass is 10.0. The van der Waals surface area contributed by atoms with Gasteiger partial charge in [0.05, 0.1) is 19.3 Å². The summed E-state index contributed by atoms with van der Waals surface area (Å²) in [6, 6.07) is -0.498. The van der Waals surface area contributed by atoms with Crippen molar-refractivity contribution in [1.29, 1.82) is 0 Å². The van der Waals surface area contributed by atoms with E-state index in [0.29, 0.717) is 13.2 Å². The van der Waals surface area contributed by atoms with Gasteiger partial charge in [0, 0.05) is 18.8 Å². The molecule has 0 aromatic heterocycles. The normalized spacial score (nSPS) is 18.8. The summed E-state index contributed by atoms with van der Waals surface area (Å²) in [4.78, 5) is 23.1. The van der Waals surface area contributed by atoms with Crippen LogP contribution in [-0.4, -0.2) is 37.2 Å². The van der Waals surface area contributed by atoms with Crippen LogP contribution in [0.5, 0.6) is 0 Å². The minimum atomic E-state index is -0.515. The highest BCUT2D eigenvalue weighted by molar-refractivity contribution is 5.88. The summed E-state index contributed by atoms with van der Waals surface area (Å²) < 4.78 is 10.4. The molecule has 1 saturated heterocycles. The van der Waals surface area contributed by atoms with Crippen molar-refractivity contribution in [2.24, 2.45) is 5.92 Å². The zero-order chi connectivity index (χ0) is 12.8. The lowest BCUT2D eigenvalue weighted by Crippen LogP contribution is -2.42. The summed E-state index contributed by atoms with van der Waals surface area (Å²) in [6.07, 6.45) is 0.836. The Balaban J connectivity index is 2.30. The van der Waals surface area contributed by atoms with Gasteiger partial charge in [0.2, 0.25) is 0 Å². The first-order valence-electron chi connectivity index (χ1n) is 6.09. The van der Waals surface area contributed by atoms with Crippen molar-refractivity contribution < 1.29 is 19.1 Å². The van der Waals surface area contributed by atoms with Crippen LogP contribution >= 0.6 is 0 Å². The van der Waals surface area contributed by atoms with Gasteiger partial charge in [0.15, 0.2) is 5.78 Å². The minimum Gasteiger partial charge on any atom is -0.446 e. The number of hydrogen-bond donors (Lipinski definition) is 1. The first kappa shape index (κ1) is 14.0. The predicted molar refractivity (Wildman–Crippen MR) is 62.8 cm³/mol. The molecule has 0 radical (unpaired) electrons. The van der Waals surface area contributed by atoms with Crippen molar-refractivity contribution in [2.75, 3.05) is 13.2 Å². The minimum absolute atomic E-state index is 0.00827. The van der Waals surface area contributed by atoms with Crippen LogP contribution in [0, 0.1) is 5.92 Å². The van der Waals surface area contributed by atoms with E-state index in [9.17, 15) is 9.59 Å². The molecule has 1 amide bonds. The number of hydrogen-bond acceptors (Lipinski definition) is 4. The van der Waals surface area contributed by atoms with E-state index in [0.717, 1.165) is 12.8 Å². The fourth-order valence-corrected chi connectivity index (χ4v) is 1.73. The summed E-state index contributed by atoms with van der Waals surface area (Å²) in [5, 5.41) is 2.56. The molecular weight excluding hydrogens is 222 g/mol. The van der Waals surface area contributed by atoms with Gasteiger partial charge in [-0.2, -0.15) is 0 Å². The number of nitrogens with one attached hydrogen (secondary N) is 1. The van der Waals surface area contributed by atoms with E-state index in [-0.39, 0.29) is 17.8 Å². The SMILES string of the molecule is CC(C)C(=O)[C@@H](C)NC(=O)OC1CCOCC1. The average molecular weight is 243 g/mol. The maximum absolute atomic E-state index is 11.6. The highest BCUT2D eigenvalue weighted by atomic mass is 16.6. The maximum Gasteiger partial charge on any atom is 0.407 e. The smallest absolute Gasteiger partial charge is 0.407 e. The second kappa shape index (κ2) is 6.59. The Morgan fingerprint density at radius 3 is 2.35 bits per heavy atom. The fourth-order valence-electron chi connectivity index (χ4n) is 1.73. The Bertz CT molecular complexity index is 272. The summed E-state index contributed by atoms with van der Waals surface area (Å²) >= 11 is 0. The fraction of sp³-hybridized carbons (Fsp3) is 0.833. The monoisotopic (exact) mass is 243 g/mol. The van der Waals surface area contributed by atoms with Gasteiger partial charge < -0.3 is 14.8 Å². The Morgan fingerprint density at radius 2 is 1.82 bits per heavy atom. The average Bonchev–Trinajstić information content (AvgIpc) is 2.28. The summed E-state index contributed by atoms with van der Waals surface area (Å²) in [5.41, 5.74) is 0. The van der Waals surface area contributed by atoms with Gasteiger partial charge in [0.1, 0.15) is 6.10 Å². The Morgan fingerprint density at radius 1 is 1.24 bits per heavy atom. The van der Waals surface area contributed by atoms with Crippen molar-refractivity contribution in [3.63, 3.8) is 0 Å². The molecule has 1 rings (SSSR count). The number of Topliss-reactive ketones (excluding diaryl/α,β-unsaturated/α-hetero) is 1. The first-order valence-corrected chi connectivity index (χ1v) is 6.09. The van der Waals surface area contributed by atoms with E-state index in [1.54, 1.807) is 6.92 Å². The molecule has 0 spiro atoms. The van der Waals surface area contributed by atoms with Crippen molar-refractivity contribution in [2.45, 2.75) is 45.8 Å². The van der Waals surface area contributed by atoms with E-state index in [4.69, 9.17) is 9.47 Å². The third-order valence-corrected chi connectivity index (χ3v) is 2.77. The van der Waals surface area contributed by atoms with Crippen LogP contribution in [-0.2, 0) is 14.3 Å². The van der Waals surface area contributed by atoms with E-state index < -0.39 is 12.1 Å². The molecular formula is C12H21NO4. The topological polar surface area (TPSA) is 64.6 Å². The zero-order valence-corrected chi connectivity index (χ0v) is 10.7. The largest absolute Gasteiger partial charge is 0.446 e. The van der Waals surface area contributed by atoms with Crippen molar-refractivity contribution in [1.82, 2.24) is 5.32 Å². The van der Waals surface area contributed by atoms with Gasteiger partial charge in [-0.25, -0.2) is 4.79 Å². The molecule has 17 heavy (non-hydrogen) atoms. The molecule has 0 aromatic carbocycles. The van der Waals surface area contributed by atoms with Crippen LogP contribution in [0.4, 0.5) is 4.79 Å². The molecule has 1 N–H and O–H groups in total. The van der Waals surface area contributed by atoms with Crippen LogP contribution in [0.2, 0.25) is 0 Å². The number of ketones is 1. The van der Waals surface area contributed by atoms with Gasteiger partial charge >= 0.3 is 6.09 Å². The van der Waals surface area contributed by atoms with Gasteiger partial charge in [0.25, 0.3) is 0 Å². The van der Waals surface area contributed by atoms with Crippen molar-refractivity contribution >= 4 is 11.9 Å². The second-order valence-corrected chi connectivity index (χ2v) is 4.64. The molecule has 0 bridgehead atoms. The second-order valence-electron chi connectivity index (χ2n) is 4.64. The highest BCUT2D eigenvalue weighted by Crippen LogP contribution is 2.10. The lowest BCUT2D eigenvalue weighted by molar-refractivity contribution is -0.123. The molecule has 0 aromatic rings. The number of ether oxygens (including phenoxy) is 2. The zero-order valence-electron chi connectivity index (χ0n) is 10.7. The maximum atomic E-state index is 11.6. The molecule has 1 atom stereocenters. The molecule has 1 fully saturated rings. The quantitative estimate of drug-likeness (QED) is 0.812. The van der Waals surface area contributed by atoms with E-state index in [1.165, 1.54) is 0 Å². The Hall–Kier alpha value is -1.10. The Kier molecular flexibility index (Phi) is 5.41. The molecule has 5 nitrogen and oxygen atoms in total. The number of carbonyl (C=O) groups is 2. The van der Waals surface area contributed by atoms with E-state index in [2.05, 4.69) is 5.32 Å². The van der Waals surface area contributed by atoms with Gasteiger partial charge in [-0.1, -0.05) is 13.8 Å². The molecule has 0 saturated carbocycles. The van der Waals surface area contributed by atoms with Crippen LogP contribution < -0.4 is 5.32 Å². The van der Waals surface area contributed by atoms with Crippen molar-refractivity contribution in [3.05, 3.63) is 0 Å². The first-order chi connectivity index (χ1) is 8.00. The molecule has 98 valence electrons.